The van der Waals surface area contributed by atoms with Gasteiger partial charge in [0.15, 0.2) is 16.9 Å². The van der Waals surface area contributed by atoms with Gasteiger partial charge in [-0.15, -0.1) is 34.0 Å². The van der Waals surface area contributed by atoms with E-state index in [0.29, 0.717) is 6.04 Å². The Morgan fingerprint density at radius 3 is 0.950 bits per heavy atom. The molecule has 3 fully saturated rings. The van der Waals surface area contributed by atoms with Gasteiger partial charge in [-0.25, -0.2) is 43.9 Å². The second-order valence-electron chi connectivity index (χ2n) is 25.5. The second-order valence-corrected chi connectivity index (χ2v) is 28.7. The Kier molecular flexibility index (Phi) is 19.3. The molecule has 0 N–H and O–H groups in total. The number of fused-ring (bicyclic) bond motifs is 3. The highest BCUT2D eigenvalue weighted by Gasteiger charge is 2.33. The Morgan fingerprint density at radius 2 is 0.634 bits per heavy atom. The van der Waals surface area contributed by atoms with Gasteiger partial charge in [-0.1, -0.05) is 157 Å². The van der Waals surface area contributed by atoms with Gasteiger partial charge in [0, 0.05) is 98.0 Å². The number of aryl methyl sites for hydroxylation is 2. The van der Waals surface area contributed by atoms with Crippen molar-refractivity contribution >= 4 is 84.6 Å². The summed E-state index contributed by atoms with van der Waals surface area (Å²) in [6, 6.07) is 75.3. The van der Waals surface area contributed by atoms with Crippen LogP contribution in [0.5, 0.6) is 0 Å². The minimum atomic E-state index is 0.285. The maximum Gasteiger partial charge on any atom is 0.168 e. The lowest BCUT2D eigenvalue weighted by Gasteiger charge is -2.39. The van der Waals surface area contributed by atoms with Crippen LogP contribution in [0.3, 0.4) is 0 Å². The smallest absolute Gasteiger partial charge is 0.168 e. The Labute approximate surface area is 599 Å². The second kappa shape index (κ2) is 30.0. The summed E-state index contributed by atoms with van der Waals surface area (Å²) >= 11 is 5.57. The zero-order valence-corrected chi connectivity index (χ0v) is 58.8. The van der Waals surface area contributed by atoms with E-state index in [4.69, 9.17) is 0 Å². The van der Waals surface area contributed by atoms with Crippen LogP contribution in [0.1, 0.15) is 59.9 Å². The summed E-state index contributed by atoms with van der Waals surface area (Å²) in [5.74, 6) is 2.90. The average molecular weight is 1390 g/mol. The zero-order valence-electron chi connectivity index (χ0n) is 56.3. The normalized spacial score (nSPS) is 15.6. The van der Waals surface area contributed by atoms with E-state index < -0.39 is 0 Å². The van der Waals surface area contributed by atoms with Crippen LogP contribution in [-0.4, -0.2) is 152 Å². The number of hydrogen-bond donors (Lipinski definition) is 0. The summed E-state index contributed by atoms with van der Waals surface area (Å²) in [6.07, 6.45) is 10.7. The van der Waals surface area contributed by atoms with Crippen LogP contribution in [0.25, 0.3) is 50.2 Å². The third kappa shape index (κ3) is 13.9. The average Bonchev–Trinajstić information content (AvgIpc) is 1.76. The number of benzene rings is 6. The molecule has 0 bridgehead atoms. The number of hydrogen-bond acceptors (Lipinski definition) is 18. The number of para-hydroxylation sites is 3. The molecule has 6 aromatic carbocycles. The third-order valence-electron chi connectivity index (χ3n) is 19.3. The van der Waals surface area contributed by atoms with E-state index in [1.807, 2.05) is 158 Å². The van der Waals surface area contributed by atoms with Crippen LogP contribution in [-0.2, 0) is 0 Å². The molecular formula is C80H76N18S3. The summed E-state index contributed by atoms with van der Waals surface area (Å²) in [5.41, 5.74) is 10.9. The molecule has 3 aliphatic heterocycles. The van der Waals surface area contributed by atoms with E-state index >= 15 is 0 Å². The molecule has 3 atom stereocenters. The van der Waals surface area contributed by atoms with Crippen molar-refractivity contribution in [2.24, 2.45) is 0 Å². The van der Waals surface area contributed by atoms with E-state index in [2.05, 4.69) is 221 Å². The molecule has 9 aromatic heterocycles. The maximum atomic E-state index is 4.67. The number of piperazine rings is 3. The predicted molar refractivity (Wildman–Crippen MR) is 409 cm³/mol. The number of rotatable bonds is 15. The molecule has 18 rings (SSSR count). The predicted octanol–water partition coefficient (Wildman–Crippen LogP) is 15.0. The number of anilines is 3. The summed E-state index contributed by atoms with van der Waals surface area (Å²) in [5, 5.41) is 21.2. The van der Waals surface area contributed by atoms with Crippen molar-refractivity contribution in [2.45, 2.75) is 32.0 Å². The monoisotopic (exact) mass is 1380 g/mol. The zero-order chi connectivity index (χ0) is 67.9. The lowest BCUT2D eigenvalue weighted by atomic mass is 10.0. The van der Waals surface area contributed by atoms with Gasteiger partial charge in [0.25, 0.3) is 0 Å². The largest absolute Gasteiger partial charge is 0.353 e. The summed E-state index contributed by atoms with van der Waals surface area (Å²) in [4.78, 5) is 48.1. The molecule has 0 amide bonds. The van der Waals surface area contributed by atoms with E-state index in [9.17, 15) is 0 Å². The van der Waals surface area contributed by atoms with E-state index in [0.717, 1.165) is 146 Å². The molecule has 0 radical (unpaired) electrons. The Hall–Kier alpha value is -10.7. The molecule has 15 aromatic rings. The number of nitrogens with zero attached hydrogens (tertiary/aromatic N) is 18. The van der Waals surface area contributed by atoms with Crippen molar-refractivity contribution in [1.29, 1.82) is 0 Å². The highest BCUT2D eigenvalue weighted by atomic mass is 32.1. The minimum Gasteiger partial charge on any atom is -0.353 e. The first-order valence-corrected chi connectivity index (χ1v) is 37.0. The summed E-state index contributed by atoms with van der Waals surface area (Å²) in [7, 11) is 0. The molecule has 504 valence electrons. The van der Waals surface area contributed by atoms with Gasteiger partial charge < -0.3 is 14.7 Å². The van der Waals surface area contributed by atoms with Crippen molar-refractivity contribution in [2.75, 3.05) is 93.2 Å². The molecule has 101 heavy (non-hydrogen) atoms. The minimum absolute atomic E-state index is 0.285. The van der Waals surface area contributed by atoms with Gasteiger partial charge in [-0.05, 0) is 102 Å². The van der Waals surface area contributed by atoms with Crippen LogP contribution in [0.15, 0.2) is 261 Å². The fourth-order valence-electron chi connectivity index (χ4n) is 14.3. The van der Waals surface area contributed by atoms with Gasteiger partial charge in [0.05, 0.1) is 69.9 Å². The number of aromatic nitrogens is 12. The third-order valence-corrected chi connectivity index (χ3v) is 22.2. The first-order valence-electron chi connectivity index (χ1n) is 34.4. The van der Waals surface area contributed by atoms with Gasteiger partial charge >= 0.3 is 0 Å². The molecule has 0 saturated carbocycles. The lowest BCUT2D eigenvalue weighted by molar-refractivity contribution is 0.214. The topological polar surface area (TPSA) is 150 Å². The summed E-state index contributed by atoms with van der Waals surface area (Å²) < 4.78 is 5.67. The van der Waals surface area contributed by atoms with Crippen molar-refractivity contribution in [3.8, 4) is 17.1 Å². The first-order chi connectivity index (χ1) is 49.9. The van der Waals surface area contributed by atoms with Gasteiger partial charge in [0.2, 0.25) is 0 Å². The molecule has 12 heterocycles. The molecule has 21 heteroatoms. The van der Waals surface area contributed by atoms with Gasteiger partial charge in [0.1, 0.15) is 36.4 Å². The molecule has 0 aliphatic carbocycles. The lowest BCUT2D eigenvalue weighted by Crippen LogP contribution is -2.48. The van der Waals surface area contributed by atoms with Crippen molar-refractivity contribution in [3.05, 3.63) is 302 Å². The van der Waals surface area contributed by atoms with E-state index in [-0.39, 0.29) is 12.1 Å². The van der Waals surface area contributed by atoms with Gasteiger partial charge in [-0.2, -0.15) is 15.3 Å². The maximum absolute atomic E-state index is 4.67. The Morgan fingerprint density at radius 1 is 0.307 bits per heavy atom. The van der Waals surface area contributed by atoms with Crippen molar-refractivity contribution in [3.63, 3.8) is 0 Å². The van der Waals surface area contributed by atoms with Gasteiger partial charge in [-0.3, -0.25) is 14.7 Å². The fourth-order valence-corrected chi connectivity index (χ4v) is 17.1. The van der Waals surface area contributed by atoms with Crippen LogP contribution in [0.2, 0.25) is 0 Å². The van der Waals surface area contributed by atoms with Crippen molar-refractivity contribution in [1.82, 2.24) is 73.9 Å². The van der Waals surface area contributed by atoms with Crippen molar-refractivity contribution < 1.29 is 0 Å². The van der Waals surface area contributed by atoms with Crippen LogP contribution >= 0.6 is 34.0 Å². The highest BCUT2D eigenvalue weighted by Crippen LogP contribution is 2.39. The SMILES string of the molecule is Cc1ccc(C(c2ccccc2)N2CCN(c3ncnc4c3cnn4-c3ccccc3)CC2)s1.Cc1ccc(C(c2cccs2)N2CCN(c3ncnc4c3cnn4-c3ccccc3)CC2)cc1.c1ccc(C(c2cccs2)N2CCN(c3ncnc4c3cnn4-c3ccccc3)CC2)cc1. The van der Waals surface area contributed by atoms with E-state index in [1.54, 1.807) is 19.0 Å². The molecule has 0 spiro atoms. The quantitative estimate of drug-likeness (QED) is 0.0957. The van der Waals surface area contributed by atoms with Crippen LogP contribution < -0.4 is 14.7 Å². The Bertz CT molecular complexity index is 5110. The van der Waals surface area contributed by atoms with Crippen LogP contribution in [0.4, 0.5) is 17.5 Å². The molecule has 3 saturated heterocycles. The molecule has 3 unspecified atom stereocenters. The summed E-state index contributed by atoms with van der Waals surface area (Å²) in [6.45, 7) is 15.6. The molecular weight excluding hydrogens is 1310 g/mol. The van der Waals surface area contributed by atoms with Crippen LogP contribution in [0, 0.1) is 13.8 Å². The highest BCUT2D eigenvalue weighted by molar-refractivity contribution is 7.12. The first kappa shape index (κ1) is 65.0. The van der Waals surface area contributed by atoms with E-state index in [1.165, 1.54) is 41.8 Å². The number of thiophene rings is 3. The fraction of sp³-hybridized carbons (Fsp3) is 0.212. The molecule has 18 nitrogen and oxygen atoms in total. The molecule has 3 aliphatic rings. The Balaban J connectivity index is 0.000000118. The standard InChI is InChI=1S/2C27H26N6S.C26H24N6S/c1-20-12-13-24(34-20)25(21-8-4-2-5-9-21)31-14-16-32(17-15-31)26-23-18-30-33(27(23)29-19-28-26)22-10-6-3-7-11-22;1-20-9-11-21(12-10-20)25(24-8-5-17-34-24)31-13-15-32(16-14-31)26-23-18-30-33(27(23)29-19-28-26)22-6-3-2-4-7-22;1-3-8-20(9-4-1)24(23-12-7-17-33-23)30-13-15-31(16-14-30)25-22-18-29-32(26(22)28-19-27-25)21-10-5-2-6-11-21/h2-13,18-19,25H,14-17H2,1H3;2-12,17-19,25H,13-16H2,1H3;1-12,17-19,24H,13-16H2.